The molecule has 0 radical (unpaired) electrons. The lowest BCUT2D eigenvalue weighted by molar-refractivity contribution is -0.0332. The number of ether oxygens (including phenoxy) is 1. The Bertz CT molecular complexity index is 238. The summed E-state index contributed by atoms with van der Waals surface area (Å²) in [5.41, 5.74) is 1.09. The molecule has 3 unspecified atom stereocenters. The molecule has 1 heterocycles. The first-order valence-corrected chi connectivity index (χ1v) is 6.52. The van der Waals surface area contributed by atoms with Crippen LogP contribution in [0.15, 0.2) is 0 Å². The van der Waals surface area contributed by atoms with Crippen molar-refractivity contribution < 1.29 is 4.74 Å². The molecule has 2 aliphatic carbocycles. The van der Waals surface area contributed by atoms with Gasteiger partial charge in [0.05, 0.1) is 12.0 Å². The van der Waals surface area contributed by atoms with Crippen LogP contribution in [0, 0.1) is 16.7 Å². The van der Waals surface area contributed by atoms with Crippen molar-refractivity contribution in [3.63, 3.8) is 0 Å². The van der Waals surface area contributed by atoms with Crippen molar-refractivity contribution in [3.8, 4) is 0 Å². The van der Waals surface area contributed by atoms with E-state index >= 15 is 0 Å². The van der Waals surface area contributed by atoms with Crippen LogP contribution in [0.2, 0.25) is 0 Å². The van der Waals surface area contributed by atoms with Crippen LogP contribution < -0.4 is 0 Å². The van der Waals surface area contributed by atoms with E-state index in [0.29, 0.717) is 16.9 Å². The molecule has 0 aromatic heterocycles. The highest BCUT2D eigenvalue weighted by Crippen LogP contribution is 2.68. The lowest BCUT2D eigenvalue weighted by Gasteiger charge is -2.44. The first kappa shape index (κ1) is 8.60. The number of thioether (sulfide) groups is 1. The van der Waals surface area contributed by atoms with E-state index in [1.165, 1.54) is 25.0 Å². The summed E-state index contributed by atoms with van der Waals surface area (Å²) in [6, 6.07) is 0. The first-order chi connectivity index (χ1) is 6.17. The monoisotopic (exact) mass is 198 g/mol. The molecular weight excluding hydrogens is 180 g/mol. The molecule has 1 nitrogen and oxygen atoms in total. The predicted molar refractivity (Wildman–Crippen MR) is 55.8 cm³/mol. The van der Waals surface area contributed by atoms with E-state index in [-0.39, 0.29) is 0 Å². The zero-order chi connectivity index (χ0) is 9.10. The Hall–Kier alpha value is 0.310. The van der Waals surface area contributed by atoms with Gasteiger partial charge in [0.2, 0.25) is 0 Å². The standard InChI is InChI=1S/C11H18OS/c1-10(2)8-3-4-11(10)6-13-7-12-9(11)5-8/h8-9H,3-7H2,1-2H3. The molecule has 0 N–H and O–H groups in total. The summed E-state index contributed by atoms with van der Waals surface area (Å²) in [6.45, 7) is 4.94. The molecule has 3 rings (SSSR count). The summed E-state index contributed by atoms with van der Waals surface area (Å²) >= 11 is 2.00. The topological polar surface area (TPSA) is 9.23 Å². The molecule has 1 saturated heterocycles. The van der Waals surface area contributed by atoms with Crippen LogP contribution in [0.5, 0.6) is 0 Å². The first-order valence-electron chi connectivity index (χ1n) is 5.36. The Balaban J connectivity index is 2.02. The van der Waals surface area contributed by atoms with Crippen molar-refractivity contribution in [2.45, 2.75) is 39.2 Å². The Kier molecular flexibility index (Phi) is 1.63. The summed E-state index contributed by atoms with van der Waals surface area (Å²) < 4.78 is 5.93. The lowest BCUT2D eigenvalue weighted by Crippen LogP contribution is -2.44. The van der Waals surface area contributed by atoms with Crippen LogP contribution >= 0.6 is 11.8 Å². The summed E-state index contributed by atoms with van der Waals surface area (Å²) in [7, 11) is 0. The maximum atomic E-state index is 5.93. The zero-order valence-corrected chi connectivity index (χ0v) is 9.32. The molecule has 2 saturated carbocycles. The van der Waals surface area contributed by atoms with Gasteiger partial charge >= 0.3 is 0 Å². The average Bonchev–Trinajstić information content (AvgIpc) is 2.50. The van der Waals surface area contributed by atoms with Gasteiger partial charge in [-0.25, -0.2) is 0 Å². The van der Waals surface area contributed by atoms with Crippen molar-refractivity contribution in [1.82, 2.24) is 0 Å². The Morgan fingerprint density at radius 1 is 1.38 bits per heavy atom. The van der Waals surface area contributed by atoms with E-state index < -0.39 is 0 Å². The number of hydrogen-bond donors (Lipinski definition) is 0. The molecular formula is C11H18OS. The minimum absolute atomic E-state index is 0.542. The van der Waals surface area contributed by atoms with Crippen LogP contribution in [-0.4, -0.2) is 17.8 Å². The smallest absolute Gasteiger partial charge is 0.0925 e. The van der Waals surface area contributed by atoms with Crippen LogP contribution in [0.25, 0.3) is 0 Å². The van der Waals surface area contributed by atoms with Crippen molar-refractivity contribution in [2.24, 2.45) is 16.7 Å². The Labute approximate surface area is 84.6 Å². The Morgan fingerprint density at radius 3 is 2.92 bits per heavy atom. The second kappa shape index (κ2) is 2.46. The van der Waals surface area contributed by atoms with Gasteiger partial charge in [0.25, 0.3) is 0 Å². The SMILES string of the molecule is CC1(C)C2CCC13CSCOC3C2. The van der Waals surface area contributed by atoms with Crippen molar-refractivity contribution in [1.29, 1.82) is 0 Å². The third kappa shape index (κ3) is 0.847. The molecule has 13 heavy (non-hydrogen) atoms. The minimum Gasteiger partial charge on any atom is -0.367 e. The molecule has 0 aromatic rings. The van der Waals surface area contributed by atoms with Gasteiger partial charge in [0, 0.05) is 11.2 Å². The molecule has 2 bridgehead atoms. The third-order valence-corrected chi connectivity index (χ3v) is 6.09. The summed E-state index contributed by atoms with van der Waals surface area (Å²) in [6.07, 6.45) is 4.81. The predicted octanol–water partition coefficient (Wildman–Crippen LogP) is 2.90. The van der Waals surface area contributed by atoms with Gasteiger partial charge < -0.3 is 4.74 Å². The minimum atomic E-state index is 0.542. The Morgan fingerprint density at radius 2 is 2.23 bits per heavy atom. The fourth-order valence-corrected chi connectivity index (χ4v) is 5.34. The van der Waals surface area contributed by atoms with Crippen molar-refractivity contribution >= 4 is 11.8 Å². The van der Waals surface area contributed by atoms with Crippen LogP contribution in [0.4, 0.5) is 0 Å². The molecule has 0 amide bonds. The molecule has 1 spiro atoms. The highest BCUT2D eigenvalue weighted by atomic mass is 32.2. The molecule has 74 valence electrons. The maximum Gasteiger partial charge on any atom is 0.0925 e. The maximum absolute atomic E-state index is 5.93. The van der Waals surface area contributed by atoms with Crippen LogP contribution in [0.3, 0.4) is 0 Å². The van der Waals surface area contributed by atoms with Crippen LogP contribution in [0.1, 0.15) is 33.1 Å². The fourth-order valence-electron chi connectivity index (χ4n) is 3.93. The van der Waals surface area contributed by atoms with Gasteiger partial charge in [-0.15, -0.1) is 11.8 Å². The zero-order valence-electron chi connectivity index (χ0n) is 8.51. The number of hydrogen-bond acceptors (Lipinski definition) is 2. The fraction of sp³-hybridized carbons (Fsp3) is 1.00. The average molecular weight is 198 g/mol. The number of fused-ring (bicyclic) bond motifs is 1. The molecule has 0 aromatic carbocycles. The number of rotatable bonds is 0. The highest BCUT2D eigenvalue weighted by Gasteiger charge is 2.65. The van der Waals surface area contributed by atoms with E-state index in [1.54, 1.807) is 0 Å². The summed E-state index contributed by atoms with van der Waals surface area (Å²) in [5, 5.41) is 0. The van der Waals surface area contributed by atoms with Gasteiger partial charge in [-0.2, -0.15) is 0 Å². The van der Waals surface area contributed by atoms with Gasteiger partial charge in [-0.3, -0.25) is 0 Å². The van der Waals surface area contributed by atoms with Crippen molar-refractivity contribution in [3.05, 3.63) is 0 Å². The van der Waals surface area contributed by atoms with Gasteiger partial charge in [-0.05, 0) is 30.6 Å². The quantitative estimate of drug-likeness (QED) is 0.592. The van der Waals surface area contributed by atoms with Gasteiger partial charge in [-0.1, -0.05) is 13.8 Å². The largest absolute Gasteiger partial charge is 0.367 e. The van der Waals surface area contributed by atoms with E-state index in [1.807, 2.05) is 11.8 Å². The summed E-state index contributed by atoms with van der Waals surface area (Å²) in [5.74, 6) is 3.23. The molecule has 1 aliphatic heterocycles. The highest BCUT2D eigenvalue weighted by molar-refractivity contribution is 7.99. The molecule has 2 heteroatoms. The normalized spacial score (nSPS) is 52.2. The van der Waals surface area contributed by atoms with E-state index in [2.05, 4.69) is 13.8 Å². The molecule has 3 fully saturated rings. The van der Waals surface area contributed by atoms with E-state index in [0.717, 1.165) is 11.9 Å². The van der Waals surface area contributed by atoms with Crippen molar-refractivity contribution in [2.75, 3.05) is 11.7 Å². The second-order valence-electron chi connectivity index (χ2n) is 5.47. The van der Waals surface area contributed by atoms with E-state index in [4.69, 9.17) is 4.74 Å². The van der Waals surface area contributed by atoms with Gasteiger partial charge in [0.15, 0.2) is 0 Å². The molecule has 3 atom stereocenters. The second-order valence-corrected chi connectivity index (χ2v) is 6.40. The third-order valence-electron chi connectivity index (χ3n) is 5.07. The van der Waals surface area contributed by atoms with E-state index in [9.17, 15) is 0 Å². The van der Waals surface area contributed by atoms with Crippen LogP contribution in [-0.2, 0) is 4.74 Å². The molecule has 3 aliphatic rings. The lowest BCUT2D eigenvalue weighted by atomic mass is 9.69. The summed E-state index contributed by atoms with van der Waals surface area (Å²) in [4.78, 5) is 0. The van der Waals surface area contributed by atoms with Gasteiger partial charge in [0.1, 0.15) is 0 Å².